The first-order valence-electron chi connectivity index (χ1n) is 10.00. The van der Waals surface area contributed by atoms with E-state index < -0.39 is 12.1 Å². The topological polar surface area (TPSA) is 64.6 Å². The number of amides is 1. The fourth-order valence-electron chi connectivity index (χ4n) is 3.14. The van der Waals surface area contributed by atoms with Gasteiger partial charge < -0.3 is 14.8 Å². The number of carbonyl (C=O) groups excluding carboxylic acids is 2. The highest BCUT2D eigenvalue weighted by molar-refractivity contribution is 9.10. The van der Waals surface area contributed by atoms with E-state index in [-0.39, 0.29) is 12.5 Å². The number of nitrogens with one attached hydrogen (secondary N) is 1. The quantitative estimate of drug-likeness (QED) is 0.329. The number of esters is 1. The van der Waals surface area contributed by atoms with Gasteiger partial charge in [-0.05, 0) is 68.7 Å². The Labute approximate surface area is 204 Å². The van der Waals surface area contributed by atoms with E-state index in [1.807, 2.05) is 43.5 Å². The van der Waals surface area contributed by atoms with Crippen LogP contribution in [0.2, 0.25) is 5.02 Å². The summed E-state index contributed by atoms with van der Waals surface area (Å²) in [5, 5.41) is 5.76. The van der Waals surface area contributed by atoms with E-state index >= 15 is 0 Å². The highest BCUT2D eigenvalue weighted by Gasteiger charge is 2.25. The van der Waals surface area contributed by atoms with Gasteiger partial charge in [0.1, 0.15) is 16.3 Å². The van der Waals surface area contributed by atoms with Gasteiger partial charge in [-0.1, -0.05) is 39.7 Å². The molecule has 0 fully saturated rings. The van der Waals surface area contributed by atoms with Gasteiger partial charge >= 0.3 is 5.97 Å². The number of carbonyl (C=O) groups is 2. The monoisotopic (exact) mass is 535 g/mol. The van der Waals surface area contributed by atoms with E-state index in [9.17, 15) is 9.59 Å². The third-order valence-electron chi connectivity index (χ3n) is 4.75. The average Bonchev–Trinajstić information content (AvgIpc) is 3.16. The predicted octanol–water partition coefficient (Wildman–Crippen LogP) is 7.03. The van der Waals surface area contributed by atoms with Crippen molar-refractivity contribution in [1.82, 2.24) is 0 Å². The Kier molecular flexibility index (Phi) is 7.98. The Morgan fingerprint density at radius 3 is 2.38 bits per heavy atom. The number of benzene rings is 2. The first kappa shape index (κ1) is 24.3. The highest BCUT2D eigenvalue weighted by atomic mass is 79.9. The summed E-state index contributed by atoms with van der Waals surface area (Å²) in [5.74, 6) is -0.302. The Hall–Kier alpha value is -2.35. The molecule has 0 aliphatic rings. The summed E-state index contributed by atoms with van der Waals surface area (Å²) in [5.41, 5.74) is 3.63. The summed E-state index contributed by atoms with van der Waals surface area (Å²) < 4.78 is 12.0. The molecule has 1 heterocycles. The summed E-state index contributed by atoms with van der Waals surface area (Å²) in [6.07, 6.45) is -0.789. The van der Waals surface area contributed by atoms with E-state index in [1.165, 1.54) is 11.3 Å². The molecule has 1 unspecified atom stereocenters. The molecule has 2 aromatic carbocycles. The number of anilines is 1. The van der Waals surface area contributed by atoms with Crippen molar-refractivity contribution >= 4 is 55.7 Å². The van der Waals surface area contributed by atoms with E-state index in [4.69, 9.17) is 21.1 Å². The normalized spacial score (nSPS) is 11.7. The van der Waals surface area contributed by atoms with Crippen molar-refractivity contribution in [2.45, 2.75) is 33.8 Å². The zero-order chi connectivity index (χ0) is 23.4. The first-order valence-corrected chi connectivity index (χ1v) is 12.0. The van der Waals surface area contributed by atoms with Gasteiger partial charge in [-0.15, -0.1) is 11.3 Å². The van der Waals surface area contributed by atoms with Crippen LogP contribution in [0, 0.1) is 13.8 Å². The smallest absolute Gasteiger partial charge is 0.341 e. The molecule has 5 nitrogen and oxygen atoms in total. The van der Waals surface area contributed by atoms with Crippen LogP contribution in [-0.2, 0) is 9.53 Å². The van der Waals surface area contributed by atoms with E-state index in [0.29, 0.717) is 26.9 Å². The molecule has 3 aromatic rings. The Bertz CT molecular complexity index is 1120. The third kappa shape index (κ3) is 5.52. The van der Waals surface area contributed by atoms with Gasteiger partial charge in [-0.3, -0.25) is 4.79 Å². The number of ether oxygens (including phenoxy) is 2. The largest absolute Gasteiger partial charge is 0.481 e. The molecule has 3 rings (SSSR count). The lowest BCUT2D eigenvalue weighted by atomic mass is 10.0. The van der Waals surface area contributed by atoms with E-state index in [2.05, 4.69) is 21.2 Å². The molecule has 1 atom stereocenters. The molecular formula is C24H23BrClNO4S. The molecule has 0 spiro atoms. The van der Waals surface area contributed by atoms with Crippen molar-refractivity contribution in [3.63, 3.8) is 0 Å². The third-order valence-corrected chi connectivity index (χ3v) is 6.77. The lowest BCUT2D eigenvalue weighted by Crippen LogP contribution is -2.30. The molecule has 32 heavy (non-hydrogen) atoms. The molecule has 0 radical (unpaired) electrons. The fraction of sp³-hybridized carbons (Fsp3) is 0.250. The summed E-state index contributed by atoms with van der Waals surface area (Å²) in [7, 11) is 0. The lowest BCUT2D eigenvalue weighted by Gasteiger charge is -2.16. The SMILES string of the molecule is CCOC(=O)c1c(-c2ccc(Br)cc2)csc1NC(=O)C(C)Oc1cc(C)c(Cl)c(C)c1. The Balaban J connectivity index is 1.85. The van der Waals surface area contributed by atoms with Crippen molar-refractivity contribution < 1.29 is 19.1 Å². The van der Waals surface area contributed by atoms with Crippen molar-refractivity contribution in [2.24, 2.45) is 0 Å². The van der Waals surface area contributed by atoms with Crippen molar-refractivity contribution in [2.75, 3.05) is 11.9 Å². The Morgan fingerprint density at radius 2 is 1.78 bits per heavy atom. The maximum absolute atomic E-state index is 12.9. The second kappa shape index (κ2) is 10.5. The van der Waals surface area contributed by atoms with Gasteiger partial charge in [-0.2, -0.15) is 0 Å². The van der Waals surface area contributed by atoms with Crippen molar-refractivity contribution in [3.05, 3.63) is 68.0 Å². The molecule has 0 saturated heterocycles. The minimum Gasteiger partial charge on any atom is -0.481 e. The van der Waals surface area contributed by atoms with E-state index in [1.54, 1.807) is 26.0 Å². The molecule has 0 aliphatic heterocycles. The number of hydrogen-bond donors (Lipinski definition) is 1. The van der Waals surface area contributed by atoms with Crippen LogP contribution in [0.5, 0.6) is 5.75 Å². The van der Waals surface area contributed by atoms with Crippen LogP contribution in [0.3, 0.4) is 0 Å². The standard InChI is InChI=1S/C24H23BrClNO4S/c1-5-30-24(29)20-19(16-6-8-17(25)9-7-16)12-32-23(20)27-22(28)15(4)31-18-10-13(2)21(26)14(3)11-18/h6-12,15H,5H2,1-4H3,(H,27,28). The van der Waals surface area contributed by atoms with Gasteiger partial charge in [0, 0.05) is 20.4 Å². The maximum Gasteiger partial charge on any atom is 0.341 e. The predicted molar refractivity (Wildman–Crippen MR) is 133 cm³/mol. The number of hydrogen-bond acceptors (Lipinski definition) is 5. The second-order valence-corrected chi connectivity index (χ2v) is 9.37. The van der Waals surface area contributed by atoms with Gasteiger partial charge in [0.15, 0.2) is 6.10 Å². The summed E-state index contributed by atoms with van der Waals surface area (Å²) in [4.78, 5) is 25.6. The highest BCUT2D eigenvalue weighted by Crippen LogP contribution is 2.37. The molecule has 0 saturated carbocycles. The van der Waals surface area contributed by atoms with Gasteiger partial charge in [0.2, 0.25) is 0 Å². The fourth-order valence-corrected chi connectivity index (χ4v) is 4.48. The molecule has 0 bridgehead atoms. The molecule has 1 aromatic heterocycles. The van der Waals surface area contributed by atoms with Gasteiger partial charge in [0.25, 0.3) is 5.91 Å². The molecule has 8 heteroatoms. The maximum atomic E-state index is 12.9. The number of rotatable bonds is 7. The van der Waals surface area contributed by atoms with Crippen LogP contribution in [0.4, 0.5) is 5.00 Å². The summed E-state index contributed by atoms with van der Waals surface area (Å²) in [6, 6.07) is 11.2. The minimum absolute atomic E-state index is 0.233. The molecule has 168 valence electrons. The number of thiophene rings is 1. The second-order valence-electron chi connectivity index (χ2n) is 7.20. The van der Waals surface area contributed by atoms with Crippen LogP contribution in [-0.4, -0.2) is 24.6 Å². The van der Waals surface area contributed by atoms with Crippen LogP contribution in [0.1, 0.15) is 35.3 Å². The molecular weight excluding hydrogens is 514 g/mol. The van der Waals surface area contributed by atoms with Crippen molar-refractivity contribution in [3.8, 4) is 16.9 Å². The Morgan fingerprint density at radius 1 is 1.16 bits per heavy atom. The lowest BCUT2D eigenvalue weighted by molar-refractivity contribution is -0.122. The van der Waals surface area contributed by atoms with Crippen LogP contribution < -0.4 is 10.1 Å². The molecule has 1 amide bonds. The summed E-state index contributed by atoms with van der Waals surface area (Å²) in [6.45, 7) is 7.40. The summed E-state index contributed by atoms with van der Waals surface area (Å²) >= 11 is 10.9. The zero-order valence-corrected chi connectivity index (χ0v) is 21.3. The minimum atomic E-state index is -0.789. The number of halogens is 2. The average molecular weight is 537 g/mol. The number of aryl methyl sites for hydroxylation is 2. The van der Waals surface area contributed by atoms with Gasteiger partial charge in [0.05, 0.1) is 6.61 Å². The van der Waals surface area contributed by atoms with Crippen LogP contribution in [0.25, 0.3) is 11.1 Å². The molecule has 0 aliphatic carbocycles. The van der Waals surface area contributed by atoms with Crippen LogP contribution in [0.15, 0.2) is 46.3 Å². The van der Waals surface area contributed by atoms with Gasteiger partial charge in [-0.25, -0.2) is 4.79 Å². The van der Waals surface area contributed by atoms with Crippen molar-refractivity contribution in [1.29, 1.82) is 0 Å². The van der Waals surface area contributed by atoms with Crippen LogP contribution >= 0.6 is 38.9 Å². The zero-order valence-electron chi connectivity index (χ0n) is 18.1. The first-order chi connectivity index (χ1) is 15.2. The van der Waals surface area contributed by atoms with E-state index in [0.717, 1.165) is 21.2 Å². The molecule has 1 N–H and O–H groups in total.